The molecule has 4 nitrogen and oxygen atoms in total. The Hall–Kier alpha value is -3.11. The first kappa shape index (κ1) is 25.5. The number of hydrogen-bond acceptors (Lipinski definition) is 2. The first-order valence-electron chi connectivity index (χ1n) is 11.9. The van der Waals surface area contributed by atoms with Crippen molar-refractivity contribution in [3.8, 4) is 0 Å². The molecule has 0 radical (unpaired) electrons. The molecule has 0 aromatic heterocycles. The minimum atomic E-state index is -0.631. The van der Waals surface area contributed by atoms with Crippen LogP contribution in [0.1, 0.15) is 42.5 Å². The Balaban J connectivity index is 1.87. The maximum Gasteiger partial charge on any atom is 0.243 e. The number of halogens is 1. The molecule has 2 amide bonds. The number of amides is 2. The SMILES string of the molecule is CCNC(=O)[C@@H](Cc1ccccc1)N(Cc1ccccc1Cl)C(=O)CCc1ccc(CC)cc1. The molecule has 0 aliphatic heterocycles. The van der Waals surface area contributed by atoms with Gasteiger partial charge in [0.15, 0.2) is 0 Å². The smallest absolute Gasteiger partial charge is 0.243 e. The molecule has 1 atom stereocenters. The number of nitrogens with one attached hydrogen (secondary N) is 1. The monoisotopic (exact) mass is 476 g/mol. The number of aryl methyl sites for hydroxylation is 2. The molecule has 0 aliphatic carbocycles. The van der Waals surface area contributed by atoms with Crippen molar-refractivity contribution in [2.24, 2.45) is 0 Å². The van der Waals surface area contributed by atoms with Crippen LogP contribution in [0, 0.1) is 0 Å². The van der Waals surface area contributed by atoms with E-state index in [2.05, 4.69) is 36.5 Å². The van der Waals surface area contributed by atoms with E-state index >= 15 is 0 Å². The number of nitrogens with zero attached hydrogens (tertiary/aromatic N) is 1. The lowest BCUT2D eigenvalue weighted by Crippen LogP contribution is -2.50. The number of benzene rings is 3. The minimum absolute atomic E-state index is 0.0633. The molecule has 0 saturated heterocycles. The fraction of sp³-hybridized carbons (Fsp3) is 0.310. The van der Waals surface area contributed by atoms with E-state index in [1.165, 1.54) is 5.56 Å². The highest BCUT2D eigenvalue weighted by atomic mass is 35.5. The fourth-order valence-electron chi connectivity index (χ4n) is 3.99. The lowest BCUT2D eigenvalue weighted by atomic mass is 10.0. The Kier molecular flexibility index (Phi) is 9.72. The highest BCUT2D eigenvalue weighted by molar-refractivity contribution is 6.31. The van der Waals surface area contributed by atoms with Gasteiger partial charge in [0.25, 0.3) is 0 Å². The zero-order valence-electron chi connectivity index (χ0n) is 20.0. The zero-order chi connectivity index (χ0) is 24.3. The lowest BCUT2D eigenvalue weighted by Gasteiger charge is -2.32. The molecule has 0 unspecified atom stereocenters. The summed E-state index contributed by atoms with van der Waals surface area (Å²) in [5, 5.41) is 3.51. The normalized spacial score (nSPS) is 11.6. The topological polar surface area (TPSA) is 49.4 Å². The third-order valence-corrected chi connectivity index (χ3v) is 6.35. The van der Waals surface area contributed by atoms with E-state index in [4.69, 9.17) is 11.6 Å². The molecule has 0 heterocycles. The molecule has 3 aromatic rings. The van der Waals surface area contributed by atoms with Crippen LogP contribution in [0.2, 0.25) is 5.02 Å². The Bertz CT molecular complexity index is 1070. The van der Waals surface area contributed by atoms with Crippen molar-refractivity contribution >= 4 is 23.4 Å². The van der Waals surface area contributed by atoms with Crippen LogP contribution in [-0.2, 0) is 35.4 Å². The average molecular weight is 477 g/mol. The summed E-state index contributed by atoms with van der Waals surface area (Å²) in [6.45, 7) is 4.79. The molecular formula is C29H33ClN2O2. The van der Waals surface area contributed by atoms with Gasteiger partial charge in [0, 0.05) is 31.0 Å². The van der Waals surface area contributed by atoms with Crippen molar-refractivity contribution in [1.82, 2.24) is 10.2 Å². The molecule has 178 valence electrons. The van der Waals surface area contributed by atoms with Gasteiger partial charge in [0.1, 0.15) is 6.04 Å². The molecule has 34 heavy (non-hydrogen) atoms. The van der Waals surface area contributed by atoms with Crippen LogP contribution in [0.4, 0.5) is 0 Å². The highest BCUT2D eigenvalue weighted by Crippen LogP contribution is 2.21. The van der Waals surface area contributed by atoms with Crippen LogP contribution in [0.25, 0.3) is 0 Å². The van der Waals surface area contributed by atoms with Crippen molar-refractivity contribution < 1.29 is 9.59 Å². The van der Waals surface area contributed by atoms with Crippen LogP contribution in [0.15, 0.2) is 78.9 Å². The first-order chi connectivity index (χ1) is 16.5. The van der Waals surface area contributed by atoms with E-state index in [0.717, 1.165) is 23.1 Å². The van der Waals surface area contributed by atoms with Crippen LogP contribution < -0.4 is 5.32 Å². The predicted molar refractivity (Wildman–Crippen MR) is 139 cm³/mol. The van der Waals surface area contributed by atoms with E-state index in [9.17, 15) is 9.59 Å². The number of hydrogen-bond donors (Lipinski definition) is 1. The van der Waals surface area contributed by atoms with E-state index in [-0.39, 0.29) is 18.4 Å². The van der Waals surface area contributed by atoms with Gasteiger partial charge in [-0.1, -0.05) is 91.3 Å². The van der Waals surface area contributed by atoms with Crippen molar-refractivity contribution in [2.45, 2.75) is 52.1 Å². The summed E-state index contributed by atoms with van der Waals surface area (Å²) in [5.74, 6) is -0.217. The Morgan fingerprint density at radius 2 is 1.50 bits per heavy atom. The van der Waals surface area contributed by atoms with Crippen molar-refractivity contribution in [2.75, 3.05) is 6.54 Å². The molecule has 5 heteroatoms. The van der Waals surface area contributed by atoms with Gasteiger partial charge in [-0.2, -0.15) is 0 Å². The minimum Gasteiger partial charge on any atom is -0.355 e. The van der Waals surface area contributed by atoms with Gasteiger partial charge >= 0.3 is 0 Å². The summed E-state index contributed by atoms with van der Waals surface area (Å²) in [6.07, 6.45) is 2.36. The standard InChI is InChI=1S/C29H33ClN2O2/c1-3-22-14-16-23(17-15-22)18-19-28(33)32(21-25-12-8-9-13-26(25)30)27(29(34)31-4-2)20-24-10-6-5-7-11-24/h5-17,27H,3-4,18-21H2,1-2H3,(H,31,34)/t27-/m1/s1. The molecule has 1 N–H and O–H groups in total. The second kappa shape index (κ2) is 13.0. The average Bonchev–Trinajstić information content (AvgIpc) is 2.86. The third-order valence-electron chi connectivity index (χ3n) is 5.98. The second-order valence-electron chi connectivity index (χ2n) is 8.38. The zero-order valence-corrected chi connectivity index (χ0v) is 20.7. The van der Waals surface area contributed by atoms with Gasteiger partial charge in [-0.15, -0.1) is 0 Å². The summed E-state index contributed by atoms with van der Waals surface area (Å²) in [7, 11) is 0. The fourth-order valence-corrected chi connectivity index (χ4v) is 4.19. The molecule has 0 aliphatic rings. The van der Waals surface area contributed by atoms with E-state index in [0.29, 0.717) is 30.8 Å². The molecule has 0 saturated carbocycles. The van der Waals surface area contributed by atoms with Gasteiger partial charge in [0.2, 0.25) is 11.8 Å². The Morgan fingerprint density at radius 3 is 2.15 bits per heavy atom. The van der Waals surface area contributed by atoms with E-state index in [1.807, 2.05) is 61.5 Å². The van der Waals surface area contributed by atoms with Gasteiger partial charge in [0.05, 0.1) is 0 Å². The number of rotatable bonds is 11. The molecule has 0 fully saturated rings. The summed E-state index contributed by atoms with van der Waals surface area (Å²) in [4.78, 5) is 28.5. The highest BCUT2D eigenvalue weighted by Gasteiger charge is 2.30. The van der Waals surface area contributed by atoms with E-state index < -0.39 is 6.04 Å². The summed E-state index contributed by atoms with van der Waals surface area (Å²) in [6, 6.07) is 25.0. The van der Waals surface area contributed by atoms with Gasteiger partial charge in [-0.25, -0.2) is 0 Å². The number of carbonyl (C=O) groups is 2. The number of carbonyl (C=O) groups excluding carboxylic acids is 2. The summed E-state index contributed by atoms with van der Waals surface area (Å²) in [5.41, 5.74) is 4.22. The molecule has 3 aromatic carbocycles. The summed E-state index contributed by atoms with van der Waals surface area (Å²) < 4.78 is 0. The molecule has 3 rings (SSSR count). The maximum absolute atomic E-state index is 13.6. The van der Waals surface area contributed by atoms with Gasteiger partial charge < -0.3 is 10.2 Å². The number of likely N-dealkylation sites (N-methyl/N-ethyl adjacent to an activating group) is 1. The van der Waals surface area contributed by atoms with Gasteiger partial charge in [-0.3, -0.25) is 9.59 Å². The first-order valence-corrected chi connectivity index (χ1v) is 12.3. The Morgan fingerprint density at radius 1 is 0.853 bits per heavy atom. The molecule has 0 spiro atoms. The maximum atomic E-state index is 13.6. The van der Waals surface area contributed by atoms with Gasteiger partial charge in [-0.05, 0) is 48.1 Å². The van der Waals surface area contributed by atoms with Crippen molar-refractivity contribution in [3.05, 3.63) is 106 Å². The van der Waals surface area contributed by atoms with Crippen molar-refractivity contribution in [3.63, 3.8) is 0 Å². The van der Waals surface area contributed by atoms with Crippen LogP contribution >= 0.6 is 11.6 Å². The Labute approximate surface area is 207 Å². The third kappa shape index (κ3) is 7.19. The van der Waals surface area contributed by atoms with Crippen LogP contribution in [0.5, 0.6) is 0 Å². The molecule has 0 bridgehead atoms. The summed E-state index contributed by atoms with van der Waals surface area (Å²) >= 11 is 6.44. The quantitative estimate of drug-likeness (QED) is 0.391. The predicted octanol–water partition coefficient (Wildman–Crippen LogP) is 5.61. The van der Waals surface area contributed by atoms with Crippen LogP contribution in [-0.4, -0.2) is 29.3 Å². The molecular weight excluding hydrogens is 444 g/mol. The largest absolute Gasteiger partial charge is 0.355 e. The second-order valence-corrected chi connectivity index (χ2v) is 8.79. The van der Waals surface area contributed by atoms with Crippen LogP contribution in [0.3, 0.4) is 0 Å². The lowest BCUT2D eigenvalue weighted by molar-refractivity contribution is -0.141. The van der Waals surface area contributed by atoms with Crippen molar-refractivity contribution in [1.29, 1.82) is 0 Å². The van der Waals surface area contributed by atoms with E-state index in [1.54, 1.807) is 4.90 Å².